The topological polar surface area (TPSA) is 50.4 Å². The number of rotatable bonds is 4. The first-order chi connectivity index (χ1) is 9.61. The Morgan fingerprint density at radius 3 is 2.85 bits per heavy atom. The van der Waals surface area contributed by atoms with Crippen LogP contribution in [0.1, 0.15) is 19.8 Å². The summed E-state index contributed by atoms with van der Waals surface area (Å²) in [6, 6.07) is 3.48. The molecule has 1 aromatic rings. The van der Waals surface area contributed by atoms with Gasteiger partial charge in [0.25, 0.3) is 0 Å². The van der Waals surface area contributed by atoms with Crippen LogP contribution in [0.5, 0.6) is 5.75 Å². The van der Waals surface area contributed by atoms with Crippen molar-refractivity contribution in [1.29, 1.82) is 0 Å². The third kappa shape index (κ3) is 3.87. The van der Waals surface area contributed by atoms with Gasteiger partial charge >= 0.3 is 0 Å². The van der Waals surface area contributed by atoms with Crippen LogP contribution in [-0.2, 0) is 4.79 Å². The van der Waals surface area contributed by atoms with E-state index < -0.39 is 0 Å². The van der Waals surface area contributed by atoms with Crippen LogP contribution in [0.4, 0.5) is 5.69 Å². The molecule has 2 N–H and O–H groups in total. The van der Waals surface area contributed by atoms with Crippen molar-refractivity contribution in [2.75, 3.05) is 25.0 Å². The second-order valence-electron chi connectivity index (χ2n) is 4.71. The van der Waals surface area contributed by atoms with E-state index in [2.05, 4.69) is 26.6 Å². The minimum Gasteiger partial charge on any atom is -0.491 e. The summed E-state index contributed by atoms with van der Waals surface area (Å²) < 4.78 is 6.32. The second kappa shape index (κ2) is 7.29. The lowest BCUT2D eigenvalue weighted by Crippen LogP contribution is -2.34. The first kappa shape index (κ1) is 15.6. The number of piperidine rings is 1. The first-order valence-electron chi connectivity index (χ1n) is 6.75. The van der Waals surface area contributed by atoms with Gasteiger partial charge in [-0.15, -0.1) is 0 Å². The van der Waals surface area contributed by atoms with Crippen LogP contribution < -0.4 is 15.4 Å². The molecule has 0 bridgehead atoms. The summed E-state index contributed by atoms with van der Waals surface area (Å²) >= 11 is 9.46. The maximum atomic E-state index is 12.3. The molecular weight excluding hydrogens is 344 g/mol. The molecule has 1 amide bonds. The fraction of sp³-hybridized carbons (Fsp3) is 0.500. The minimum atomic E-state index is 0.0293. The van der Waals surface area contributed by atoms with Crippen molar-refractivity contribution in [1.82, 2.24) is 5.32 Å². The number of anilines is 1. The molecule has 1 saturated heterocycles. The lowest BCUT2D eigenvalue weighted by atomic mass is 9.97. The smallest absolute Gasteiger partial charge is 0.227 e. The summed E-state index contributed by atoms with van der Waals surface area (Å²) in [4.78, 5) is 12.3. The Morgan fingerprint density at radius 2 is 2.20 bits per heavy atom. The zero-order valence-corrected chi connectivity index (χ0v) is 13.7. The summed E-state index contributed by atoms with van der Waals surface area (Å²) in [5, 5.41) is 6.75. The Balaban J connectivity index is 2.16. The molecule has 1 heterocycles. The molecule has 6 heteroatoms. The molecular formula is C14H18BrClN2O2. The number of halogens is 2. The summed E-state index contributed by atoms with van der Waals surface area (Å²) in [6.07, 6.45) is 1.72. The minimum absolute atomic E-state index is 0.0293. The van der Waals surface area contributed by atoms with Crippen LogP contribution in [0.2, 0.25) is 5.02 Å². The summed E-state index contributed by atoms with van der Waals surface area (Å²) in [7, 11) is 0. The molecule has 0 radical (unpaired) electrons. The van der Waals surface area contributed by atoms with Gasteiger partial charge in [0.2, 0.25) is 5.91 Å². The van der Waals surface area contributed by atoms with Crippen LogP contribution in [0.3, 0.4) is 0 Å². The molecule has 1 aliphatic rings. The first-order valence-corrected chi connectivity index (χ1v) is 7.92. The zero-order chi connectivity index (χ0) is 14.5. The third-order valence-corrected chi connectivity index (χ3v) is 4.07. The average molecular weight is 362 g/mol. The van der Waals surface area contributed by atoms with Crippen molar-refractivity contribution < 1.29 is 9.53 Å². The maximum Gasteiger partial charge on any atom is 0.227 e. The largest absolute Gasteiger partial charge is 0.491 e. The monoisotopic (exact) mass is 360 g/mol. The Kier molecular flexibility index (Phi) is 5.69. The molecule has 0 unspecified atom stereocenters. The number of amides is 1. The molecule has 1 aliphatic heterocycles. The lowest BCUT2D eigenvalue weighted by Gasteiger charge is -2.22. The maximum absolute atomic E-state index is 12.3. The lowest BCUT2D eigenvalue weighted by molar-refractivity contribution is -0.120. The van der Waals surface area contributed by atoms with E-state index in [4.69, 9.17) is 16.3 Å². The van der Waals surface area contributed by atoms with Gasteiger partial charge in [0.1, 0.15) is 0 Å². The highest BCUT2D eigenvalue weighted by Crippen LogP contribution is 2.37. The molecule has 0 saturated carbocycles. The van der Waals surface area contributed by atoms with Crippen LogP contribution >= 0.6 is 27.5 Å². The molecule has 4 nitrogen and oxygen atoms in total. The van der Waals surface area contributed by atoms with E-state index in [-0.39, 0.29) is 11.8 Å². The molecule has 2 rings (SSSR count). The van der Waals surface area contributed by atoms with Crippen LogP contribution in [0.25, 0.3) is 0 Å². The fourth-order valence-corrected chi connectivity index (χ4v) is 3.19. The molecule has 0 atom stereocenters. The van der Waals surface area contributed by atoms with Crippen LogP contribution in [0.15, 0.2) is 16.6 Å². The van der Waals surface area contributed by atoms with Crippen LogP contribution in [-0.4, -0.2) is 25.6 Å². The Bertz CT molecular complexity index is 490. The standard InChI is InChI=1S/C14H18BrClN2O2/c1-2-20-13-11(15)7-10(16)8-12(13)18-14(19)9-3-5-17-6-4-9/h7-9,17H,2-6H2,1H3,(H,18,19). The van der Waals surface area contributed by atoms with Crippen molar-refractivity contribution in [2.45, 2.75) is 19.8 Å². The number of carbonyl (C=O) groups excluding carboxylic acids is 1. The number of ether oxygens (including phenoxy) is 1. The van der Waals surface area contributed by atoms with E-state index in [1.54, 1.807) is 12.1 Å². The van der Waals surface area contributed by atoms with Gasteiger partial charge in [0.15, 0.2) is 5.75 Å². The molecule has 0 aliphatic carbocycles. The summed E-state index contributed by atoms with van der Waals surface area (Å²) in [5.41, 5.74) is 0.620. The van der Waals surface area contributed by atoms with Crippen molar-refractivity contribution >= 4 is 39.1 Å². The number of nitrogens with one attached hydrogen (secondary N) is 2. The second-order valence-corrected chi connectivity index (χ2v) is 6.00. The fourth-order valence-electron chi connectivity index (χ4n) is 2.26. The molecule has 1 aromatic carbocycles. The highest BCUT2D eigenvalue weighted by Gasteiger charge is 2.22. The molecule has 0 aromatic heterocycles. The Labute approximate surface area is 132 Å². The van der Waals surface area contributed by atoms with Gasteiger partial charge in [-0.1, -0.05) is 11.6 Å². The average Bonchev–Trinajstić information content (AvgIpc) is 2.43. The Morgan fingerprint density at radius 1 is 1.50 bits per heavy atom. The van der Waals surface area contributed by atoms with Gasteiger partial charge in [-0.3, -0.25) is 4.79 Å². The molecule has 20 heavy (non-hydrogen) atoms. The van der Waals surface area contributed by atoms with E-state index in [0.717, 1.165) is 30.4 Å². The van der Waals surface area contributed by atoms with Gasteiger partial charge in [-0.05, 0) is 60.9 Å². The van der Waals surface area contributed by atoms with Gasteiger partial charge in [0.05, 0.1) is 16.8 Å². The van der Waals surface area contributed by atoms with E-state index in [1.807, 2.05) is 6.92 Å². The van der Waals surface area contributed by atoms with E-state index in [1.165, 1.54) is 0 Å². The number of hydrogen-bond acceptors (Lipinski definition) is 3. The highest BCUT2D eigenvalue weighted by molar-refractivity contribution is 9.10. The van der Waals surface area contributed by atoms with Gasteiger partial charge in [-0.25, -0.2) is 0 Å². The van der Waals surface area contributed by atoms with Gasteiger partial charge in [0, 0.05) is 10.9 Å². The van der Waals surface area contributed by atoms with Crippen molar-refractivity contribution in [2.24, 2.45) is 5.92 Å². The summed E-state index contributed by atoms with van der Waals surface area (Å²) in [6.45, 7) is 4.20. The number of benzene rings is 1. The normalized spacial score (nSPS) is 15.9. The molecule has 110 valence electrons. The van der Waals surface area contributed by atoms with Crippen molar-refractivity contribution in [3.63, 3.8) is 0 Å². The van der Waals surface area contributed by atoms with E-state index in [0.29, 0.717) is 23.1 Å². The number of hydrogen-bond donors (Lipinski definition) is 2. The number of carbonyl (C=O) groups is 1. The van der Waals surface area contributed by atoms with E-state index >= 15 is 0 Å². The van der Waals surface area contributed by atoms with Gasteiger partial charge < -0.3 is 15.4 Å². The Hall–Kier alpha value is -0.780. The SMILES string of the molecule is CCOc1c(Br)cc(Cl)cc1NC(=O)C1CCNCC1. The zero-order valence-electron chi connectivity index (χ0n) is 11.3. The molecule has 0 spiro atoms. The molecule has 1 fully saturated rings. The van der Waals surface area contributed by atoms with Crippen molar-refractivity contribution in [3.05, 3.63) is 21.6 Å². The van der Waals surface area contributed by atoms with Crippen molar-refractivity contribution in [3.8, 4) is 5.75 Å². The predicted octanol–water partition coefficient (Wildman–Crippen LogP) is 3.44. The van der Waals surface area contributed by atoms with E-state index in [9.17, 15) is 4.79 Å². The summed E-state index contributed by atoms with van der Waals surface area (Å²) in [5.74, 6) is 0.698. The van der Waals surface area contributed by atoms with Gasteiger partial charge in [-0.2, -0.15) is 0 Å². The predicted molar refractivity (Wildman–Crippen MR) is 84.5 cm³/mol. The highest BCUT2D eigenvalue weighted by atomic mass is 79.9. The quantitative estimate of drug-likeness (QED) is 0.864. The third-order valence-electron chi connectivity index (χ3n) is 3.26. The van der Waals surface area contributed by atoms with Crippen LogP contribution in [0, 0.1) is 5.92 Å².